The van der Waals surface area contributed by atoms with Gasteiger partial charge in [-0.25, -0.2) is 9.18 Å². The average molecular weight is 255 g/mol. The second-order valence-electron chi connectivity index (χ2n) is 3.98. The molecule has 0 unspecified atom stereocenters. The van der Waals surface area contributed by atoms with E-state index < -0.39 is 11.8 Å². The fraction of sp³-hybridized carbons (Fsp3) is 0.0667. The molecule has 0 bridgehead atoms. The van der Waals surface area contributed by atoms with Crippen LogP contribution in [0.15, 0.2) is 30.5 Å². The number of carbonyl (C=O) groups is 1. The number of hydrogen-bond acceptors (Lipinski definition) is 2. The Labute approximate surface area is 109 Å². The van der Waals surface area contributed by atoms with Crippen LogP contribution in [-0.2, 0) is 0 Å². The van der Waals surface area contributed by atoms with Crippen molar-refractivity contribution in [3.63, 3.8) is 0 Å². The molecule has 2 aromatic rings. The number of aromatic nitrogens is 1. The van der Waals surface area contributed by atoms with Crippen LogP contribution >= 0.6 is 0 Å². The molecular formula is C15H10FNO2. The van der Waals surface area contributed by atoms with E-state index in [1.54, 1.807) is 13.0 Å². The zero-order chi connectivity index (χ0) is 14.0. The summed E-state index contributed by atoms with van der Waals surface area (Å²) in [6.07, 6.45) is 6.55. The van der Waals surface area contributed by atoms with Crippen molar-refractivity contribution in [3.05, 3.63) is 53.1 Å². The van der Waals surface area contributed by atoms with E-state index in [2.05, 4.69) is 10.9 Å². The van der Waals surface area contributed by atoms with Gasteiger partial charge < -0.3 is 5.11 Å². The predicted octanol–water partition coefficient (Wildman–Crippen LogP) is 2.88. The molecule has 3 nitrogen and oxygen atoms in total. The predicted molar refractivity (Wildman–Crippen MR) is 69.3 cm³/mol. The molecule has 1 heterocycles. The van der Waals surface area contributed by atoms with Gasteiger partial charge in [0.1, 0.15) is 5.82 Å². The van der Waals surface area contributed by atoms with E-state index in [4.69, 9.17) is 11.5 Å². The molecule has 0 saturated carbocycles. The first-order chi connectivity index (χ1) is 9.04. The Bertz CT molecular complexity index is 702. The number of terminal acetylenes is 1. The number of rotatable bonds is 2. The maximum Gasteiger partial charge on any atom is 0.337 e. The summed E-state index contributed by atoms with van der Waals surface area (Å²) in [4.78, 5) is 15.1. The van der Waals surface area contributed by atoms with Crippen LogP contribution in [0.3, 0.4) is 0 Å². The van der Waals surface area contributed by atoms with Crippen molar-refractivity contribution in [2.75, 3.05) is 0 Å². The maximum atomic E-state index is 14.0. The number of benzene rings is 1. The van der Waals surface area contributed by atoms with E-state index in [1.165, 1.54) is 24.4 Å². The van der Waals surface area contributed by atoms with E-state index in [9.17, 15) is 9.18 Å². The molecule has 0 aliphatic rings. The fourth-order valence-corrected chi connectivity index (χ4v) is 1.86. The van der Waals surface area contributed by atoms with Crippen LogP contribution in [0.25, 0.3) is 11.1 Å². The first-order valence-electron chi connectivity index (χ1n) is 5.50. The number of nitrogens with zero attached hydrogens (tertiary/aromatic N) is 1. The lowest BCUT2D eigenvalue weighted by atomic mass is 9.96. The maximum absolute atomic E-state index is 14.0. The Morgan fingerprint density at radius 3 is 2.84 bits per heavy atom. The van der Waals surface area contributed by atoms with Gasteiger partial charge in [0.25, 0.3) is 0 Å². The summed E-state index contributed by atoms with van der Waals surface area (Å²) < 4.78 is 14.0. The van der Waals surface area contributed by atoms with E-state index in [0.29, 0.717) is 11.3 Å². The van der Waals surface area contributed by atoms with Gasteiger partial charge in [-0.1, -0.05) is 12.0 Å². The summed E-state index contributed by atoms with van der Waals surface area (Å²) in [5.41, 5.74) is 1.19. The third-order valence-electron chi connectivity index (χ3n) is 2.71. The monoisotopic (exact) mass is 255 g/mol. The molecule has 2 rings (SSSR count). The zero-order valence-corrected chi connectivity index (χ0v) is 10.1. The average Bonchev–Trinajstić information content (AvgIpc) is 2.37. The molecule has 0 aliphatic carbocycles. The summed E-state index contributed by atoms with van der Waals surface area (Å²) in [5.74, 6) is 0.642. The zero-order valence-electron chi connectivity index (χ0n) is 10.1. The van der Waals surface area contributed by atoms with Crippen molar-refractivity contribution in [2.45, 2.75) is 6.92 Å². The highest BCUT2D eigenvalue weighted by atomic mass is 19.1. The molecule has 4 heteroatoms. The van der Waals surface area contributed by atoms with Gasteiger partial charge in [0.15, 0.2) is 0 Å². The van der Waals surface area contributed by atoms with Crippen LogP contribution in [0, 0.1) is 25.1 Å². The number of carboxylic acids is 1. The van der Waals surface area contributed by atoms with Crippen LogP contribution in [0.5, 0.6) is 0 Å². The number of halogens is 1. The Kier molecular flexibility index (Phi) is 3.30. The molecule has 1 aromatic carbocycles. The minimum atomic E-state index is -1.17. The van der Waals surface area contributed by atoms with Gasteiger partial charge in [0.05, 0.1) is 5.56 Å². The van der Waals surface area contributed by atoms with Crippen LogP contribution in [-0.4, -0.2) is 16.1 Å². The van der Waals surface area contributed by atoms with Crippen molar-refractivity contribution in [2.24, 2.45) is 0 Å². The smallest absolute Gasteiger partial charge is 0.337 e. The molecule has 1 aromatic heterocycles. The quantitative estimate of drug-likeness (QED) is 0.839. The molecule has 19 heavy (non-hydrogen) atoms. The Balaban J connectivity index is 2.83. The third kappa shape index (κ3) is 2.31. The molecular weight excluding hydrogens is 245 g/mol. The lowest BCUT2D eigenvalue weighted by Gasteiger charge is -2.10. The van der Waals surface area contributed by atoms with Gasteiger partial charge in [-0.2, -0.15) is 0 Å². The standard InChI is InChI=1S/C15H10FNO2/c1-3-10-5-4-6-13(16)14(10)11-7-9(2)17-8-12(11)15(18)19/h1,4-8H,2H3,(H,18,19). The molecule has 0 amide bonds. The van der Waals surface area contributed by atoms with Crippen LogP contribution in [0.4, 0.5) is 4.39 Å². The highest BCUT2D eigenvalue weighted by Gasteiger charge is 2.18. The number of pyridine rings is 1. The number of hydrogen-bond donors (Lipinski definition) is 1. The highest BCUT2D eigenvalue weighted by molar-refractivity contribution is 5.96. The number of carboxylic acid groups (broad SMARTS) is 1. The van der Waals surface area contributed by atoms with Crippen molar-refractivity contribution >= 4 is 5.97 Å². The van der Waals surface area contributed by atoms with Crippen molar-refractivity contribution in [3.8, 4) is 23.5 Å². The summed E-state index contributed by atoms with van der Waals surface area (Å²) >= 11 is 0. The lowest BCUT2D eigenvalue weighted by molar-refractivity contribution is 0.0697. The van der Waals surface area contributed by atoms with Gasteiger partial charge in [0, 0.05) is 28.6 Å². The molecule has 1 N–H and O–H groups in total. The van der Waals surface area contributed by atoms with Crippen molar-refractivity contribution in [1.82, 2.24) is 4.98 Å². The molecule has 0 aliphatic heterocycles. The second-order valence-corrected chi connectivity index (χ2v) is 3.98. The first kappa shape index (κ1) is 12.8. The summed E-state index contributed by atoms with van der Waals surface area (Å²) in [5, 5.41) is 9.16. The normalized spacial score (nSPS) is 9.95. The number of aryl methyl sites for hydroxylation is 1. The van der Waals surface area contributed by atoms with Gasteiger partial charge in [-0.3, -0.25) is 4.98 Å². The summed E-state index contributed by atoms with van der Waals surface area (Å²) in [6, 6.07) is 5.82. The van der Waals surface area contributed by atoms with E-state index >= 15 is 0 Å². The number of aromatic carboxylic acids is 1. The van der Waals surface area contributed by atoms with E-state index in [1.807, 2.05) is 0 Å². The van der Waals surface area contributed by atoms with E-state index in [0.717, 1.165) is 0 Å². The lowest BCUT2D eigenvalue weighted by Crippen LogP contribution is -2.03. The minimum Gasteiger partial charge on any atom is -0.478 e. The Morgan fingerprint density at radius 2 is 2.21 bits per heavy atom. The van der Waals surface area contributed by atoms with Gasteiger partial charge in [-0.15, -0.1) is 6.42 Å². The van der Waals surface area contributed by atoms with Crippen LogP contribution in [0.1, 0.15) is 21.6 Å². The fourth-order valence-electron chi connectivity index (χ4n) is 1.86. The van der Waals surface area contributed by atoms with Crippen molar-refractivity contribution < 1.29 is 14.3 Å². The first-order valence-corrected chi connectivity index (χ1v) is 5.50. The summed E-state index contributed by atoms with van der Waals surface area (Å²) in [7, 11) is 0. The molecule has 0 radical (unpaired) electrons. The SMILES string of the molecule is C#Cc1cccc(F)c1-c1cc(C)ncc1C(=O)O. The molecule has 94 valence electrons. The summed E-state index contributed by atoms with van der Waals surface area (Å²) in [6.45, 7) is 1.70. The third-order valence-corrected chi connectivity index (χ3v) is 2.71. The molecule has 0 atom stereocenters. The second kappa shape index (κ2) is 4.91. The van der Waals surface area contributed by atoms with Gasteiger partial charge >= 0.3 is 5.97 Å². The topological polar surface area (TPSA) is 50.2 Å². The largest absolute Gasteiger partial charge is 0.478 e. The Morgan fingerprint density at radius 1 is 1.47 bits per heavy atom. The van der Waals surface area contributed by atoms with Crippen molar-refractivity contribution in [1.29, 1.82) is 0 Å². The molecule has 0 saturated heterocycles. The molecule has 0 spiro atoms. The van der Waals surface area contributed by atoms with Crippen LogP contribution in [0.2, 0.25) is 0 Å². The Hall–Kier alpha value is -2.67. The van der Waals surface area contributed by atoms with E-state index in [-0.39, 0.29) is 16.7 Å². The molecule has 0 fully saturated rings. The minimum absolute atomic E-state index is 0.0767. The van der Waals surface area contributed by atoms with Gasteiger partial charge in [0.2, 0.25) is 0 Å². The van der Waals surface area contributed by atoms with Gasteiger partial charge in [-0.05, 0) is 25.1 Å². The highest BCUT2D eigenvalue weighted by Crippen LogP contribution is 2.29. The van der Waals surface area contributed by atoms with Crippen LogP contribution < -0.4 is 0 Å².